The van der Waals surface area contributed by atoms with E-state index in [2.05, 4.69) is 36.4 Å². The summed E-state index contributed by atoms with van der Waals surface area (Å²) in [5.74, 6) is 0.466. The van der Waals surface area contributed by atoms with Gasteiger partial charge >= 0.3 is 6.18 Å². The van der Waals surface area contributed by atoms with Crippen molar-refractivity contribution in [2.45, 2.75) is 19.1 Å². The second-order valence-electron chi connectivity index (χ2n) is 3.92. The zero-order valence-electron chi connectivity index (χ0n) is 9.79. The number of aromatic nitrogens is 3. The Morgan fingerprint density at radius 1 is 1.37 bits per heavy atom. The lowest BCUT2D eigenvalue weighted by Crippen LogP contribution is -2.14. The van der Waals surface area contributed by atoms with E-state index in [1.807, 2.05) is 0 Å². The zero-order valence-corrected chi connectivity index (χ0v) is 11.4. The van der Waals surface area contributed by atoms with Crippen LogP contribution >= 0.6 is 15.9 Å². The highest BCUT2D eigenvalue weighted by Gasteiger charge is 2.33. The van der Waals surface area contributed by atoms with Crippen molar-refractivity contribution in [3.8, 4) is 0 Å². The molecule has 8 heteroatoms. The average molecular weight is 335 g/mol. The van der Waals surface area contributed by atoms with Crippen LogP contribution in [0.5, 0.6) is 0 Å². The number of nitrogens with zero attached hydrogens (tertiary/aromatic N) is 2. The molecule has 102 valence electrons. The van der Waals surface area contributed by atoms with Crippen LogP contribution in [0.1, 0.15) is 24.4 Å². The van der Waals surface area contributed by atoms with Crippen molar-refractivity contribution in [1.29, 1.82) is 0 Å². The van der Waals surface area contributed by atoms with Crippen molar-refractivity contribution in [3.05, 3.63) is 40.4 Å². The molecule has 0 saturated heterocycles. The van der Waals surface area contributed by atoms with E-state index >= 15 is 0 Å². The number of aromatic amines is 1. The Morgan fingerprint density at radius 2 is 2.11 bits per heavy atom. The minimum Gasteiger partial charge on any atom is -0.375 e. The number of halogens is 4. The van der Waals surface area contributed by atoms with Gasteiger partial charge < -0.3 is 5.32 Å². The molecular formula is C11H10BrF3N4. The van der Waals surface area contributed by atoms with Gasteiger partial charge in [-0.1, -0.05) is 15.9 Å². The maximum absolute atomic E-state index is 12.9. The van der Waals surface area contributed by atoms with Crippen LogP contribution in [0.2, 0.25) is 0 Å². The number of hydrogen-bond donors (Lipinski definition) is 2. The highest BCUT2D eigenvalue weighted by atomic mass is 79.9. The number of rotatable bonds is 3. The summed E-state index contributed by atoms with van der Waals surface area (Å²) < 4.78 is 39.2. The lowest BCUT2D eigenvalue weighted by molar-refractivity contribution is -0.137. The van der Waals surface area contributed by atoms with E-state index in [0.717, 1.165) is 6.07 Å². The van der Waals surface area contributed by atoms with Crippen molar-refractivity contribution >= 4 is 21.6 Å². The number of anilines is 1. The summed E-state index contributed by atoms with van der Waals surface area (Å²) in [5.41, 5.74) is -0.729. The Bertz CT molecular complexity index is 554. The smallest absolute Gasteiger partial charge is 0.375 e. The molecule has 1 atom stereocenters. The number of nitrogens with one attached hydrogen (secondary N) is 2. The van der Waals surface area contributed by atoms with Gasteiger partial charge in [-0.05, 0) is 25.1 Å². The molecule has 1 aromatic carbocycles. The van der Waals surface area contributed by atoms with Crippen LogP contribution in [0.3, 0.4) is 0 Å². The SMILES string of the molecule is CC(Nc1cc(Br)ccc1C(F)(F)F)c1ncn[nH]1. The summed E-state index contributed by atoms with van der Waals surface area (Å²) >= 11 is 3.16. The Balaban J connectivity index is 2.31. The molecule has 0 bridgehead atoms. The van der Waals surface area contributed by atoms with E-state index in [-0.39, 0.29) is 5.69 Å². The van der Waals surface area contributed by atoms with E-state index in [1.54, 1.807) is 6.92 Å². The summed E-state index contributed by atoms with van der Waals surface area (Å²) in [6, 6.07) is 3.35. The molecule has 0 spiro atoms. The molecule has 0 aliphatic rings. The fraction of sp³-hybridized carbons (Fsp3) is 0.273. The fourth-order valence-electron chi connectivity index (χ4n) is 1.61. The van der Waals surface area contributed by atoms with E-state index < -0.39 is 17.8 Å². The molecular weight excluding hydrogens is 325 g/mol. The van der Waals surface area contributed by atoms with Gasteiger partial charge in [0.2, 0.25) is 0 Å². The van der Waals surface area contributed by atoms with Gasteiger partial charge in [0.1, 0.15) is 12.2 Å². The standard InChI is InChI=1S/C11H10BrF3N4/c1-6(10-16-5-17-19-10)18-9-4-7(12)2-3-8(9)11(13,14)15/h2-6,18H,1H3,(H,16,17,19). The Labute approximate surface area is 115 Å². The largest absolute Gasteiger partial charge is 0.418 e. The third kappa shape index (κ3) is 3.25. The Kier molecular flexibility index (Phi) is 3.79. The molecule has 0 saturated carbocycles. The van der Waals surface area contributed by atoms with Crippen molar-refractivity contribution in [2.24, 2.45) is 0 Å². The van der Waals surface area contributed by atoms with Gasteiger partial charge in [-0.15, -0.1) is 0 Å². The highest BCUT2D eigenvalue weighted by molar-refractivity contribution is 9.10. The second kappa shape index (κ2) is 5.20. The molecule has 2 N–H and O–H groups in total. The van der Waals surface area contributed by atoms with Crippen LogP contribution in [0, 0.1) is 0 Å². The Hall–Kier alpha value is -1.57. The third-order valence-electron chi connectivity index (χ3n) is 2.50. The average Bonchev–Trinajstić information content (AvgIpc) is 2.80. The molecule has 0 fully saturated rings. The summed E-state index contributed by atoms with van der Waals surface area (Å²) in [5, 5.41) is 9.06. The predicted molar refractivity (Wildman–Crippen MR) is 67.6 cm³/mol. The van der Waals surface area contributed by atoms with Crippen LogP contribution in [0.25, 0.3) is 0 Å². The number of alkyl halides is 3. The summed E-state index contributed by atoms with van der Waals surface area (Å²) in [6.07, 6.45) is -3.11. The van der Waals surface area contributed by atoms with Gasteiger partial charge in [0.25, 0.3) is 0 Å². The first kappa shape index (κ1) is 13.9. The van der Waals surface area contributed by atoms with E-state index in [1.165, 1.54) is 18.5 Å². The lowest BCUT2D eigenvalue weighted by Gasteiger charge is -2.18. The monoisotopic (exact) mass is 334 g/mol. The normalized spacial score (nSPS) is 13.3. The van der Waals surface area contributed by atoms with Crippen LogP contribution in [-0.2, 0) is 6.18 Å². The van der Waals surface area contributed by atoms with Crippen LogP contribution in [-0.4, -0.2) is 15.2 Å². The van der Waals surface area contributed by atoms with E-state index in [0.29, 0.717) is 10.3 Å². The van der Waals surface area contributed by atoms with Crippen molar-refractivity contribution in [3.63, 3.8) is 0 Å². The molecule has 0 radical (unpaired) electrons. The van der Waals surface area contributed by atoms with Gasteiger partial charge in [0.15, 0.2) is 0 Å². The Morgan fingerprint density at radius 3 is 2.68 bits per heavy atom. The molecule has 1 heterocycles. The maximum Gasteiger partial charge on any atom is 0.418 e. The van der Waals surface area contributed by atoms with Gasteiger partial charge in [-0.25, -0.2) is 4.98 Å². The van der Waals surface area contributed by atoms with E-state index in [4.69, 9.17) is 0 Å². The molecule has 1 aromatic heterocycles. The van der Waals surface area contributed by atoms with Crippen molar-refractivity contribution in [1.82, 2.24) is 15.2 Å². The molecule has 1 unspecified atom stereocenters. The van der Waals surface area contributed by atoms with Crippen LogP contribution in [0.4, 0.5) is 18.9 Å². The first-order valence-corrected chi connectivity index (χ1v) is 6.16. The topological polar surface area (TPSA) is 53.6 Å². The molecule has 4 nitrogen and oxygen atoms in total. The number of H-pyrrole nitrogens is 1. The highest BCUT2D eigenvalue weighted by Crippen LogP contribution is 2.37. The van der Waals surface area contributed by atoms with Crippen LogP contribution in [0.15, 0.2) is 29.0 Å². The molecule has 0 aliphatic heterocycles. The van der Waals surface area contributed by atoms with Crippen molar-refractivity contribution in [2.75, 3.05) is 5.32 Å². The number of hydrogen-bond acceptors (Lipinski definition) is 3. The second-order valence-corrected chi connectivity index (χ2v) is 4.84. The fourth-order valence-corrected chi connectivity index (χ4v) is 1.97. The maximum atomic E-state index is 12.9. The van der Waals surface area contributed by atoms with E-state index in [9.17, 15) is 13.2 Å². The van der Waals surface area contributed by atoms with Gasteiger partial charge in [-0.3, -0.25) is 5.10 Å². The first-order valence-electron chi connectivity index (χ1n) is 5.36. The first-order chi connectivity index (χ1) is 8.88. The summed E-state index contributed by atoms with van der Waals surface area (Å²) in [4.78, 5) is 3.90. The molecule has 0 amide bonds. The minimum absolute atomic E-state index is 0.00854. The molecule has 19 heavy (non-hydrogen) atoms. The third-order valence-corrected chi connectivity index (χ3v) is 3.00. The van der Waals surface area contributed by atoms with Crippen LogP contribution < -0.4 is 5.32 Å². The van der Waals surface area contributed by atoms with Gasteiger partial charge in [0, 0.05) is 10.2 Å². The predicted octanol–water partition coefficient (Wildman–Crippen LogP) is 3.76. The zero-order chi connectivity index (χ0) is 14.0. The molecule has 2 rings (SSSR count). The summed E-state index contributed by atoms with van der Waals surface area (Å²) in [7, 11) is 0. The van der Waals surface area contributed by atoms with Gasteiger partial charge in [0.05, 0.1) is 11.6 Å². The minimum atomic E-state index is -4.41. The lowest BCUT2D eigenvalue weighted by atomic mass is 10.1. The molecule has 2 aromatic rings. The quantitative estimate of drug-likeness (QED) is 0.898. The summed E-state index contributed by atoms with van der Waals surface area (Å²) in [6.45, 7) is 1.70. The molecule has 0 aliphatic carbocycles. The number of benzene rings is 1. The van der Waals surface area contributed by atoms with Crippen molar-refractivity contribution < 1.29 is 13.2 Å². The van der Waals surface area contributed by atoms with Gasteiger partial charge in [-0.2, -0.15) is 18.3 Å².